The van der Waals surface area contributed by atoms with E-state index >= 15 is 0 Å². The molecule has 21 heavy (non-hydrogen) atoms. The van der Waals surface area contributed by atoms with Crippen LogP contribution in [0.4, 0.5) is 5.82 Å². The van der Waals surface area contributed by atoms with Crippen LogP contribution in [0, 0.1) is 0 Å². The third kappa shape index (κ3) is 3.87. The maximum Gasteiger partial charge on any atom is 0.123 e. The number of rotatable bonds is 3. The van der Waals surface area contributed by atoms with Gasteiger partial charge in [-0.3, -0.25) is 4.90 Å². The molecule has 1 aromatic heterocycles. The fourth-order valence-electron chi connectivity index (χ4n) is 3.55. The maximum atomic E-state index is 6.21. The van der Waals surface area contributed by atoms with E-state index in [2.05, 4.69) is 14.8 Å². The SMILES string of the molecule is Nc1ccc(Cl)c(CN2CCC(N3CCCCC3)CC2)n1. The van der Waals surface area contributed by atoms with E-state index in [1.165, 1.54) is 45.2 Å². The van der Waals surface area contributed by atoms with Crippen LogP contribution in [0.2, 0.25) is 5.02 Å². The second kappa shape index (κ2) is 6.95. The van der Waals surface area contributed by atoms with Crippen molar-refractivity contribution in [3.05, 3.63) is 22.8 Å². The summed E-state index contributed by atoms with van der Waals surface area (Å²) >= 11 is 6.21. The second-order valence-corrected chi connectivity index (χ2v) is 6.68. The molecule has 2 fully saturated rings. The van der Waals surface area contributed by atoms with Crippen LogP contribution in [0.5, 0.6) is 0 Å². The molecule has 2 aliphatic heterocycles. The standard InChI is InChI=1S/C16H25ClN4/c17-14-4-5-16(18)19-15(14)12-20-10-6-13(7-11-20)21-8-2-1-3-9-21/h4-5,13H,1-3,6-12H2,(H2,18,19). The Kier molecular flexibility index (Phi) is 4.99. The Labute approximate surface area is 132 Å². The van der Waals surface area contributed by atoms with Crippen LogP contribution >= 0.6 is 11.6 Å². The van der Waals surface area contributed by atoms with Crippen LogP contribution in [0.1, 0.15) is 37.8 Å². The number of halogens is 1. The molecule has 0 aromatic carbocycles. The molecule has 5 heteroatoms. The zero-order valence-electron chi connectivity index (χ0n) is 12.6. The van der Waals surface area contributed by atoms with Crippen molar-refractivity contribution in [2.75, 3.05) is 31.9 Å². The Morgan fingerprint density at radius 1 is 1.10 bits per heavy atom. The van der Waals surface area contributed by atoms with E-state index in [-0.39, 0.29) is 0 Å². The quantitative estimate of drug-likeness (QED) is 0.932. The molecule has 116 valence electrons. The van der Waals surface area contributed by atoms with Gasteiger partial charge in [0.15, 0.2) is 0 Å². The summed E-state index contributed by atoms with van der Waals surface area (Å²) in [4.78, 5) is 9.52. The predicted octanol–water partition coefficient (Wildman–Crippen LogP) is 2.77. The fraction of sp³-hybridized carbons (Fsp3) is 0.688. The van der Waals surface area contributed by atoms with Crippen LogP contribution in [-0.2, 0) is 6.54 Å². The summed E-state index contributed by atoms with van der Waals surface area (Å²) in [6, 6.07) is 4.39. The predicted molar refractivity (Wildman–Crippen MR) is 87.4 cm³/mol. The van der Waals surface area contributed by atoms with Crippen LogP contribution in [0.15, 0.2) is 12.1 Å². The van der Waals surface area contributed by atoms with Gasteiger partial charge in [-0.1, -0.05) is 18.0 Å². The molecule has 2 N–H and O–H groups in total. The van der Waals surface area contributed by atoms with Gasteiger partial charge in [0, 0.05) is 25.7 Å². The van der Waals surface area contributed by atoms with Gasteiger partial charge in [-0.2, -0.15) is 0 Å². The van der Waals surface area contributed by atoms with Gasteiger partial charge in [-0.15, -0.1) is 0 Å². The van der Waals surface area contributed by atoms with E-state index in [4.69, 9.17) is 17.3 Å². The highest BCUT2D eigenvalue weighted by Crippen LogP contribution is 2.23. The summed E-state index contributed by atoms with van der Waals surface area (Å²) in [7, 11) is 0. The molecule has 0 atom stereocenters. The van der Waals surface area contributed by atoms with Gasteiger partial charge >= 0.3 is 0 Å². The van der Waals surface area contributed by atoms with Gasteiger partial charge in [0.1, 0.15) is 5.82 Å². The summed E-state index contributed by atoms with van der Waals surface area (Å²) in [6.45, 7) is 5.68. The molecule has 3 heterocycles. The number of pyridine rings is 1. The highest BCUT2D eigenvalue weighted by atomic mass is 35.5. The largest absolute Gasteiger partial charge is 0.384 e. The van der Waals surface area contributed by atoms with Crippen LogP contribution in [-0.4, -0.2) is 47.0 Å². The Morgan fingerprint density at radius 2 is 1.81 bits per heavy atom. The monoisotopic (exact) mass is 308 g/mol. The summed E-state index contributed by atoms with van der Waals surface area (Å²) in [5.41, 5.74) is 6.67. The summed E-state index contributed by atoms with van der Waals surface area (Å²) in [5.74, 6) is 0.553. The molecule has 2 aliphatic rings. The molecular formula is C16H25ClN4. The van der Waals surface area contributed by atoms with Gasteiger partial charge in [0.05, 0.1) is 10.7 Å². The van der Waals surface area contributed by atoms with E-state index in [1.54, 1.807) is 6.07 Å². The van der Waals surface area contributed by atoms with Crippen molar-refractivity contribution in [3.63, 3.8) is 0 Å². The highest BCUT2D eigenvalue weighted by molar-refractivity contribution is 6.31. The van der Waals surface area contributed by atoms with Crippen molar-refractivity contribution in [1.29, 1.82) is 0 Å². The van der Waals surface area contributed by atoms with Crippen molar-refractivity contribution in [2.45, 2.75) is 44.7 Å². The first-order valence-corrected chi connectivity index (χ1v) is 8.47. The van der Waals surface area contributed by atoms with E-state index < -0.39 is 0 Å². The van der Waals surface area contributed by atoms with Crippen LogP contribution < -0.4 is 5.73 Å². The number of nitrogens with zero attached hydrogens (tertiary/aromatic N) is 3. The Balaban J connectivity index is 1.52. The molecule has 2 saturated heterocycles. The molecule has 1 aromatic rings. The lowest BCUT2D eigenvalue weighted by molar-refractivity contribution is 0.0891. The lowest BCUT2D eigenvalue weighted by Gasteiger charge is -2.40. The first kappa shape index (κ1) is 15.1. The minimum absolute atomic E-state index is 0.553. The third-order valence-electron chi connectivity index (χ3n) is 4.78. The topological polar surface area (TPSA) is 45.4 Å². The number of hydrogen-bond acceptors (Lipinski definition) is 4. The molecule has 0 aliphatic carbocycles. The van der Waals surface area contributed by atoms with Gasteiger partial charge in [0.25, 0.3) is 0 Å². The lowest BCUT2D eigenvalue weighted by Crippen LogP contribution is -2.46. The Bertz CT molecular complexity index is 465. The molecule has 0 spiro atoms. The normalized spacial score (nSPS) is 22.5. The molecule has 0 unspecified atom stereocenters. The number of nitrogens with two attached hydrogens (primary N) is 1. The Morgan fingerprint density at radius 3 is 2.52 bits per heavy atom. The number of anilines is 1. The number of likely N-dealkylation sites (tertiary alicyclic amines) is 2. The zero-order valence-corrected chi connectivity index (χ0v) is 13.4. The van der Waals surface area contributed by atoms with Crippen molar-refractivity contribution in [2.24, 2.45) is 0 Å². The van der Waals surface area contributed by atoms with Gasteiger partial charge in [-0.25, -0.2) is 4.98 Å². The number of nitrogen functional groups attached to an aromatic ring is 1. The first-order chi connectivity index (χ1) is 10.2. The molecule has 4 nitrogen and oxygen atoms in total. The molecule has 3 rings (SSSR count). The van der Waals surface area contributed by atoms with Crippen molar-refractivity contribution >= 4 is 17.4 Å². The minimum atomic E-state index is 0.553. The molecule has 0 amide bonds. The van der Waals surface area contributed by atoms with Crippen LogP contribution in [0.3, 0.4) is 0 Å². The smallest absolute Gasteiger partial charge is 0.123 e. The minimum Gasteiger partial charge on any atom is -0.384 e. The molecular weight excluding hydrogens is 284 g/mol. The number of piperidine rings is 2. The summed E-state index contributed by atoms with van der Waals surface area (Å²) in [6.07, 6.45) is 6.70. The van der Waals surface area contributed by atoms with E-state index in [1.807, 2.05) is 6.07 Å². The maximum absolute atomic E-state index is 6.21. The second-order valence-electron chi connectivity index (χ2n) is 6.27. The van der Waals surface area contributed by atoms with E-state index in [9.17, 15) is 0 Å². The molecule has 0 saturated carbocycles. The Hall–Kier alpha value is -0.840. The highest BCUT2D eigenvalue weighted by Gasteiger charge is 2.25. The summed E-state index contributed by atoms with van der Waals surface area (Å²) in [5, 5.41) is 0.724. The number of aromatic nitrogens is 1. The third-order valence-corrected chi connectivity index (χ3v) is 5.12. The fourth-order valence-corrected chi connectivity index (χ4v) is 3.72. The lowest BCUT2D eigenvalue weighted by atomic mass is 10.00. The average molecular weight is 309 g/mol. The zero-order chi connectivity index (χ0) is 14.7. The summed E-state index contributed by atoms with van der Waals surface area (Å²) < 4.78 is 0. The van der Waals surface area contributed by atoms with Gasteiger partial charge in [0.2, 0.25) is 0 Å². The molecule has 0 bridgehead atoms. The van der Waals surface area contributed by atoms with Gasteiger partial charge in [-0.05, 0) is 50.9 Å². The first-order valence-electron chi connectivity index (χ1n) is 8.09. The van der Waals surface area contributed by atoms with Crippen molar-refractivity contribution in [3.8, 4) is 0 Å². The van der Waals surface area contributed by atoms with E-state index in [0.717, 1.165) is 36.4 Å². The van der Waals surface area contributed by atoms with Crippen molar-refractivity contribution < 1.29 is 0 Å². The van der Waals surface area contributed by atoms with Crippen LogP contribution in [0.25, 0.3) is 0 Å². The van der Waals surface area contributed by atoms with Gasteiger partial charge < -0.3 is 10.6 Å². The average Bonchev–Trinajstić information content (AvgIpc) is 2.53. The van der Waals surface area contributed by atoms with E-state index in [0.29, 0.717) is 5.82 Å². The van der Waals surface area contributed by atoms with Crippen molar-refractivity contribution in [1.82, 2.24) is 14.8 Å². The number of hydrogen-bond donors (Lipinski definition) is 1. The molecule has 0 radical (unpaired) electrons.